The van der Waals surface area contributed by atoms with Crippen LogP contribution in [0.2, 0.25) is 0 Å². The fraction of sp³-hybridized carbons (Fsp3) is 0.500. The molecule has 0 saturated heterocycles. The first-order chi connectivity index (χ1) is 7.03. The molecule has 0 aliphatic rings. The van der Waals surface area contributed by atoms with Gasteiger partial charge in [-0.15, -0.1) is 11.8 Å². The molecule has 0 bridgehead atoms. The largest absolute Gasteiger partial charge is 0.260 e. The zero-order chi connectivity index (χ0) is 11.3. The van der Waals surface area contributed by atoms with Crippen molar-refractivity contribution in [3.05, 3.63) is 24.0 Å². The standard InChI is InChI=1S/C12H16N2S/c1-12(2,3)15-11-7-5-9-14-10(11)6-4-8-13/h5,7,9H,4,6H2,1-3H3. The van der Waals surface area contributed by atoms with Gasteiger partial charge in [0.1, 0.15) is 0 Å². The van der Waals surface area contributed by atoms with Crippen LogP contribution in [-0.2, 0) is 6.42 Å². The van der Waals surface area contributed by atoms with Crippen LogP contribution in [0.15, 0.2) is 23.2 Å². The number of nitriles is 1. The number of hydrogen-bond donors (Lipinski definition) is 0. The van der Waals surface area contributed by atoms with Gasteiger partial charge in [0.15, 0.2) is 0 Å². The van der Waals surface area contributed by atoms with Gasteiger partial charge in [-0.2, -0.15) is 5.26 Å². The number of aryl methyl sites for hydroxylation is 1. The molecule has 1 aromatic heterocycles. The van der Waals surface area contributed by atoms with E-state index in [1.54, 1.807) is 18.0 Å². The third kappa shape index (κ3) is 4.35. The van der Waals surface area contributed by atoms with Crippen LogP contribution in [0.5, 0.6) is 0 Å². The first-order valence-corrected chi connectivity index (χ1v) is 5.84. The molecule has 3 heteroatoms. The molecule has 0 atom stereocenters. The van der Waals surface area contributed by atoms with E-state index in [2.05, 4.69) is 37.9 Å². The van der Waals surface area contributed by atoms with E-state index in [9.17, 15) is 0 Å². The van der Waals surface area contributed by atoms with Gasteiger partial charge in [0.25, 0.3) is 0 Å². The van der Waals surface area contributed by atoms with Crippen LogP contribution in [0.25, 0.3) is 0 Å². The molecule has 0 saturated carbocycles. The minimum atomic E-state index is 0.185. The van der Waals surface area contributed by atoms with Crippen molar-refractivity contribution in [3.63, 3.8) is 0 Å². The molecule has 0 amide bonds. The first kappa shape index (κ1) is 12.1. The first-order valence-electron chi connectivity index (χ1n) is 5.03. The van der Waals surface area contributed by atoms with E-state index in [0.717, 1.165) is 12.1 Å². The molecule has 0 radical (unpaired) electrons. The molecule has 0 fully saturated rings. The van der Waals surface area contributed by atoms with E-state index in [0.29, 0.717) is 6.42 Å². The molecule has 0 N–H and O–H groups in total. The molecule has 1 rings (SSSR count). The topological polar surface area (TPSA) is 36.7 Å². The number of pyridine rings is 1. The highest BCUT2D eigenvalue weighted by Crippen LogP contribution is 2.33. The molecule has 0 aliphatic heterocycles. The molecule has 1 aromatic rings. The fourth-order valence-electron chi connectivity index (χ4n) is 1.21. The Bertz CT molecular complexity index is 361. The smallest absolute Gasteiger partial charge is 0.0625 e. The van der Waals surface area contributed by atoms with Crippen molar-refractivity contribution in [3.8, 4) is 6.07 Å². The minimum absolute atomic E-state index is 0.185. The van der Waals surface area contributed by atoms with Crippen molar-refractivity contribution in [1.82, 2.24) is 4.98 Å². The van der Waals surface area contributed by atoms with Gasteiger partial charge >= 0.3 is 0 Å². The maximum atomic E-state index is 8.57. The molecular formula is C12H16N2S. The lowest BCUT2D eigenvalue weighted by Crippen LogP contribution is -2.08. The lowest BCUT2D eigenvalue weighted by Gasteiger charge is -2.18. The summed E-state index contributed by atoms with van der Waals surface area (Å²) in [5.41, 5.74) is 1.04. The van der Waals surface area contributed by atoms with Crippen LogP contribution < -0.4 is 0 Å². The summed E-state index contributed by atoms with van der Waals surface area (Å²) >= 11 is 1.81. The third-order valence-electron chi connectivity index (χ3n) is 1.74. The number of aromatic nitrogens is 1. The predicted molar refractivity (Wildman–Crippen MR) is 63.8 cm³/mol. The van der Waals surface area contributed by atoms with Crippen molar-refractivity contribution in [2.24, 2.45) is 0 Å². The number of nitrogens with zero attached hydrogens (tertiary/aromatic N) is 2. The molecule has 1 heterocycles. The van der Waals surface area contributed by atoms with E-state index < -0.39 is 0 Å². The van der Waals surface area contributed by atoms with E-state index >= 15 is 0 Å². The minimum Gasteiger partial charge on any atom is -0.260 e. The van der Waals surface area contributed by atoms with Gasteiger partial charge in [0.05, 0.1) is 11.8 Å². The SMILES string of the molecule is CC(C)(C)Sc1cccnc1CCC#N. The lowest BCUT2D eigenvalue weighted by atomic mass is 10.2. The zero-order valence-corrected chi connectivity index (χ0v) is 10.3. The van der Waals surface area contributed by atoms with E-state index in [1.165, 1.54) is 4.90 Å². The fourth-order valence-corrected chi connectivity index (χ4v) is 2.29. The van der Waals surface area contributed by atoms with Crippen molar-refractivity contribution >= 4 is 11.8 Å². The van der Waals surface area contributed by atoms with Crippen molar-refractivity contribution in [1.29, 1.82) is 5.26 Å². The van der Waals surface area contributed by atoms with Crippen molar-refractivity contribution in [2.45, 2.75) is 43.3 Å². The van der Waals surface area contributed by atoms with Gasteiger partial charge in [0.2, 0.25) is 0 Å². The van der Waals surface area contributed by atoms with Gasteiger partial charge in [-0.3, -0.25) is 4.98 Å². The second-order valence-corrected chi connectivity index (χ2v) is 6.19. The molecule has 0 aromatic carbocycles. The summed E-state index contributed by atoms with van der Waals surface area (Å²) in [4.78, 5) is 5.52. The quantitative estimate of drug-likeness (QED) is 0.732. The van der Waals surface area contributed by atoms with Gasteiger partial charge in [-0.25, -0.2) is 0 Å². The van der Waals surface area contributed by atoms with Crippen molar-refractivity contribution in [2.75, 3.05) is 0 Å². The van der Waals surface area contributed by atoms with Crippen LogP contribution >= 0.6 is 11.8 Å². The molecule has 0 aliphatic carbocycles. The Balaban J connectivity index is 2.82. The maximum absolute atomic E-state index is 8.57. The Morgan fingerprint density at radius 1 is 1.47 bits per heavy atom. The average molecular weight is 220 g/mol. The van der Waals surface area contributed by atoms with Crippen LogP contribution in [-0.4, -0.2) is 9.73 Å². The summed E-state index contributed by atoms with van der Waals surface area (Å²) in [7, 11) is 0. The normalized spacial score (nSPS) is 11.1. The predicted octanol–water partition coefficient (Wildman–Crippen LogP) is 3.43. The highest BCUT2D eigenvalue weighted by molar-refractivity contribution is 8.00. The summed E-state index contributed by atoms with van der Waals surface area (Å²) in [6.07, 6.45) is 3.07. The van der Waals surface area contributed by atoms with Crippen LogP contribution in [0.4, 0.5) is 0 Å². The van der Waals surface area contributed by atoms with E-state index in [-0.39, 0.29) is 4.75 Å². The van der Waals surface area contributed by atoms with Crippen molar-refractivity contribution < 1.29 is 0 Å². The second kappa shape index (κ2) is 5.18. The van der Waals surface area contributed by atoms with Gasteiger partial charge in [0, 0.05) is 28.7 Å². The highest BCUT2D eigenvalue weighted by atomic mass is 32.2. The van der Waals surface area contributed by atoms with Crippen LogP contribution in [0.3, 0.4) is 0 Å². The molecule has 15 heavy (non-hydrogen) atoms. The average Bonchev–Trinajstić information content (AvgIpc) is 2.14. The molecule has 80 valence electrons. The Kier molecular flexibility index (Phi) is 4.16. The second-order valence-electron chi connectivity index (χ2n) is 4.32. The lowest BCUT2D eigenvalue weighted by molar-refractivity contribution is 0.798. The third-order valence-corrected chi connectivity index (χ3v) is 2.94. The highest BCUT2D eigenvalue weighted by Gasteiger charge is 2.14. The molecular weight excluding hydrogens is 204 g/mol. The number of hydrogen-bond acceptors (Lipinski definition) is 3. The van der Waals surface area contributed by atoms with Gasteiger partial charge < -0.3 is 0 Å². The zero-order valence-electron chi connectivity index (χ0n) is 9.45. The number of thioether (sulfide) groups is 1. The number of rotatable bonds is 3. The van der Waals surface area contributed by atoms with Gasteiger partial charge in [-0.05, 0) is 12.1 Å². The monoisotopic (exact) mass is 220 g/mol. The summed E-state index contributed by atoms with van der Waals surface area (Å²) in [6, 6.07) is 6.18. The summed E-state index contributed by atoms with van der Waals surface area (Å²) in [5, 5.41) is 8.57. The molecule has 0 unspecified atom stereocenters. The van der Waals surface area contributed by atoms with Gasteiger partial charge in [-0.1, -0.05) is 20.8 Å². The Morgan fingerprint density at radius 2 is 2.20 bits per heavy atom. The molecule has 0 spiro atoms. The molecule has 2 nitrogen and oxygen atoms in total. The van der Waals surface area contributed by atoms with E-state index in [4.69, 9.17) is 5.26 Å². The Morgan fingerprint density at radius 3 is 2.80 bits per heavy atom. The van der Waals surface area contributed by atoms with Crippen LogP contribution in [0, 0.1) is 11.3 Å². The Hall–Kier alpha value is -1.01. The maximum Gasteiger partial charge on any atom is 0.0625 e. The summed E-state index contributed by atoms with van der Waals surface area (Å²) < 4.78 is 0.185. The van der Waals surface area contributed by atoms with Crippen LogP contribution in [0.1, 0.15) is 32.9 Å². The summed E-state index contributed by atoms with van der Waals surface area (Å²) in [6.45, 7) is 6.54. The summed E-state index contributed by atoms with van der Waals surface area (Å²) in [5.74, 6) is 0. The van der Waals surface area contributed by atoms with E-state index in [1.807, 2.05) is 6.07 Å². The Labute approximate surface area is 95.7 Å².